The van der Waals surface area contributed by atoms with Gasteiger partial charge in [-0.05, 0) is 57.0 Å². The second-order valence-corrected chi connectivity index (χ2v) is 9.69. The molecule has 0 radical (unpaired) electrons. The maximum Gasteiger partial charge on any atom is 0.408 e. The third-order valence-electron chi connectivity index (χ3n) is 4.72. The molecule has 0 saturated carbocycles. The van der Waals surface area contributed by atoms with E-state index >= 15 is 0 Å². The Kier molecular flexibility index (Phi) is 7.09. The Morgan fingerprint density at radius 3 is 2.44 bits per heavy atom. The van der Waals surface area contributed by atoms with Gasteiger partial charge in [-0.15, -0.1) is 0 Å². The SMILES string of the molecule is COC(=O)[C@H](Cc1ccc(/C=C2\Sc3ccc(C)cc3C2=O)cc1)NC(=O)OC(C)(C)C. The fourth-order valence-corrected chi connectivity index (χ4v) is 4.26. The second kappa shape index (κ2) is 9.61. The number of benzene rings is 2. The Balaban J connectivity index is 1.70. The smallest absolute Gasteiger partial charge is 0.408 e. The van der Waals surface area contributed by atoms with Gasteiger partial charge in [0.05, 0.1) is 12.0 Å². The lowest BCUT2D eigenvalue weighted by atomic mass is 10.0. The van der Waals surface area contributed by atoms with Crippen molar-refractivity contribution in [3.05, 3.63) is 69.6 Å². The Labute approximate surface area is 192 Å². The predicted octanol–water partition coefficient (Wildman–Crippen LogP) is 4.93. The summed E-state index contributed by atoms with van der Waals surface area (Å²) >= 11 is 1.47. The minimum Gasteiger partial charge on any atom is -0.467 e. The van der Waals surface area contributed by atoms with Crippen LogP contribution in [0.15, 0.2) is 52.3 Å². The van der Waals surface area contributed by atoms with Gasteiger partial charge in [0.15, 0.2) is 0 Å². The van der Waals surface area contributed by atoms with Crippen LogP contribution in [0.1, 0.15) is 47.8 Å². The number of aryl methyl sites for hydroxylation is 1. The molecular weight excluding hydrogens is 426 g/mol. The van der Waals surface area contributed by atoms with Crippen molar-refractivity contribution in [2.75, 3.05) is 7.11 Å². The van der Waals surface area contributed by atoms with Gasteiger partial charge in [0.1, 0.15) is 11.6 Å². The molecule has 1 aliphatic heterocycles. The summed E-state index contributed by atoms with van der Waals surface area (Å²) in [5, 5.41) is 2.57. The molecule has 1 N–H and O–H groups in total. The van der Waals surface area contributed by atoms with Gasteiger partial charge in [-0.3, -0.25) is 4.79 Å². The predicted molar refractivity (Wildman–Crippen MR) is 125 cm³/mol. The fourth-order valence-electron chi connectivity index (χ4n) is 3.23. The lowest BCUT2D eigenvalue weighted by Gasteiger charge is -2.22. The summed E-state index contributed by atoms with van der Waals surface area (Å²) in [5.74, 6) is -0.520. The van der Waals surface area contributed by atoms with Gasteiger partial charge in [-0.1, -0.05) is 47.7 Å². The number of carbonyl (C=O) groups is 3. The number of esters is 1. The topological polar surface area (TPSA) is 81.7 Å². The number of rotatable bonds is 5. The zero-order valence-electron chi connectivity index (χ0n) is 18.9. The number of fused-ring (bicyclic) bond motifs is 1. The van der Waals surface area contributed by atoms with Gasteiger partial charge in [0, 0.05) is 16.9 Å². The van der Waals surface area contributed by atoms with Crippen LogP contribution >= 0.6 is 11.8 Å². The zero-order valence-corrected chi connectivity index (χ0v) is 19.7. The monoisotopic (exact) mass is 453 g/mol. The van der Waals surface area contributed by atoms with E-state index in [4.69, 9.17) is 9.47 Å². The minimum absolute atomic E-state index is 0.0325. The van der Waals surface area contributed by atoms with E-state index in [1.165, 1.54) is 18.9 Å². The minimum atomic E-state index is -0.872. The van der Waals surface area contributed by atoms with Crippen LogP contribution in [0.5, 0.6) is 0 Å². The molecule has 2 aromatic carbocycles. The summed E-state index contributed by atoms with van der Waals surface area (Å²) in [6, 6.07) is 12.5. The van der Waals surface area contributed by atoms with Crippen LogP contribution in [0.4, 0.5) is 4.79 Å². The van der Waals surface area contributed by atoms with E-state index in [0.29, 0.717) is 4.91 Å². The largest absolute Gasteiger partial charge is 0.467 e. The second-order valence-electron chi connectivity index (χ2n) is 8.61. The first-order chi connectivity index (χ1) is 15.1. The highest BCUT2D eigenvalue weighted by Gasteiger charge is 2.27. The Bertz CT molecular complexity index is 1070. The van der Waals surface area contributed by atoms with E-state index in [9.17, 15) is 14.4 Å². The summed E-state index contributed by atoms with van der Waals surface area (Å²) in [6.45, 7) is 7.22. The number of allylic oxidation sites excluding steroid dienone is 1. The first-order valence-corrected chi connectivity index (χ1v) is 11.1. The van der Waals surface area contributed by atoms with Gasteiger partial charge >= 0.3 is 12.1 Å². The summed E-state index contributed by atoms with van der Waals surface area (Å²) in [4.78, 5) is 38.6. The molecule has 0 aliphatic carbocycles. The van der Waals surface area contributed by atoms with E-state index in [1.54, 1.807) is 20.8 Å². The number of carbonyl (C=O) groups excluding carboxylic acids is 3. The van der Waals surface area contributed by atoms with Crippen molar-refractivity contribution in [3.8, 4) is 0 Å². The van der Waals surface area contributed by atoms with E-state index < -0.39 is 23.7 Å². The zero-order chi connectivity index (χ0) is 23.5. The highest BCUT2D eigenvalue weighted by Crippen LogP contribution is 2.41. The molecule has 1 heterocycles. The number of amides is 1. The molecule has 1 amide bonds. The van der Waals surface area contributed by atoms with Crippen LogP contribution in [0.25, 0.3) is 6.08 Å². The van der Waals surface area contributed by atoms with Crippen molar-refractivity contribution in [3.63, 3.8) is 0 Å². The molecule has 7 heteroatoms. The van der Waals surface area contributed by atoms with Gasteiger partial charge in [-0.2, -0.15) is 0 Å². The van der Waals surface area contributed by atoms with Crippen molar-refractivity contribution in [1.82, 2.24) is 5.32 Å². The number of alkyl carbamates (subject to hydrolysis) is 1. The maximum absolute atomic E-state index is 12.7. The van der Waals surface area contributed by atoms with Crippen LogP contribution in [0.3, 0.4) is 0 Å². The van der Waals surface area contributed by atoms with Gasteiger partial charge in [-0.25, -0.2) is 9.59 Å². The third kappa shape index (κ3) is 6.01. The number of Topliss-reactive ketones (excluding diaryl/α,β-unsaturated/α-hetero) is 1. The summed E-state index contributed by atoms with van der Waals surface area (Å²) in [5.41, 5.74) is 2.84. The number of ketones is 1. The molecule has 0 aromatic heterocycles. The number of ether oxygens (including phenoxy) is 2. The Morgan fingerprint density at radius 2 is 1.81 bits per heavy atom. The van der Waals surface area contributed by atoms with Gasteiger partial charge in [0.25, 0.3) is 0 Å². The summed E-state index contributed by atoms with van der Waals surface area (Å²) in [7, 11) is 1.27. The van der Waals surface area contributed by atoms with Crippen molar-refractivity contribution in [1.29, 1.82) is 0 Å². The molecule has 1 atom stereocenters. The van der Waals surface area contributed by atoms with Crippen LogP contribution in [-0.2, 0) is 20.7 Å². The molecule has 32 heavy (non-hydrogen) atoms. The average molecular weight is 454 g/mol. The van der Waals surface area contributed by atoms with Gasteiger partial charge in [0.2, 0.25) is 5.78 Å². The summed E-state index contributed by atoms with van der Waals surface area (Å²) in [6.07, 6.45) is 1.44. The van der Waals surface area contributed by atoms with E-state index in [-0.39, 0.29) is 12.2 Å². The van der Waals surface area contributed by atoms with Crippen molar-refractivity contribution in [2.45, 2.75) is 50.7 Å². The normalized spacial score (nSPS) is 15.3. The molecule has 1 aliphatic rings. The number of hydrogen-bond acceptors (Lipinski definition) is 6. The quantitative estimate of drug-likeness (QED) is 0.510. The highest BCUT2D eigenvalue weighted by atomic mass is 32.2. The summed E-state index contributed by atoms with van der Waals surface area (Å²) < 4.78 is 10.1. The average Bonchev–Trinajstić information content (AvgIpc) is 3.02. The van der Waals surface area contributed by atoms with E-state index in [0.717, 1.165) is 27.1 Å². The molecular formula is C25H27NO5S. The van der Waals surface area contributed by atoms with Crippen molar-refractivity contribution in [2.24, 2.45) is 0 Å². The van der Waals surface area contributed by atoms with Gasteiger partial charge < -0.3 is 14.8 Å². The lowest BCUT2D eigenvalue weighted by Crippen LogP contribution is -2.45. The molecule has 6 nitrogen and oxygen atoms in total. The fraction of sp³-hybridized carbons (Fsp3) is 0.320. The standard InChI is InChI=1S/C25H27NO5S/c1-15-6-11-20-18(12-15)22(27)21(32-20)14-17-9-7-16(8-10-17)13-19(23(28)30-5)26-24(29)31-25(2,3)4/h6-12,14,19H,13H2,1-5H3,(H,26,29)/b21-14-/t19-/m0/s1. The first kappa shape index (κ1) is 23.6. The van der Waals surface area contributed by atoms with E-state index in [1.807, 2.05) is 55.5 Å². The van der Waals surface area contributed by atoms with E-state index in [2.05, 4.69) is 5.32 Å². The molecule has 0 spiro atoms. The molecule has 168 valence electrons. The number of methoxy groups -OCH3 is 1. The number of nitrogens with one attached hydrogen (secondary N) is 1. The number of thioether (sulfide) groups is 1. The molecule has 0 fully saturated rings. The Hall–Kier alpha value is -3.06. The molecule has 0 unspecified atom stereocenters. The van der Waals surface area contributed by atoms with Crippen LogP contribution in [-0.4, -0.2) is 36.6 Å². The molecule has 2 aromatic rings. The molecule has 0 saturated heterocycles. The van der Waals surface area contributed by atoms with Crippen LogP contribution in [0.2, 0.25) is 0 Å². The maximum atomic E-state index is 12.7. The highest BCUT2D eigenvalue weighted by molar-refractivity contribution is 8.04. The molecule has 0 bridgehead atoms. The van der Waals surface area contributed by atoms with Crippen molar-refractivity contribution >= 4 is 35.7 Å². The lowest BCUT2D eigenvalue weighted by molar-refractivity contribution is -0.143. The first-order valence-electron chi connectivity index (χ1n) is 10.3. The molecule has 3 rings (SSSR count). The van der Waals surface area contributed by atoms with Crippen LogP contribution in [0, 0.1) is 6.92 Å². The Morgan fingerprint density at radius 1 is 1.12 bits per heavy atom. The third-order valence-corrected chi connectivity index (χ3v) is 5.82. The van der Waals surface area contributed by atoms with Crippen LogP contribution < -0.4 is 5.32 Å². The van der Waals surface area contributed by atoms with Crippen molar-refractivity contribution < 1.29 is 23.9 Å². The number of hydrogen-bond donors (Lipinski definition) is 1.